The molecule has 1 aliphatic carbocycles. The van der Waals surface area contributed by atoms with Crippen LogP contribution in [-0.2, 0) is 10.3 Å². The van der Waals surface area contributed by atoms with Gasteiger partial charge in [0.25, 0.3) is 0 Å². The van der Waals surface area contributed by atoms with Crippen molar-refractivity contribution in [1.82, 2.24) is 10.6 Å². The van der Waals surface area contributed by atoms with Crippen LogP contribution in [0.25, 0.3) is 0 Å². The van der Waals surface area contributed by atoms with Gasteiger partial charge in [0.05, 0.1) is 5.54 Å². The van der Waals surface area contributed by atoms with Crippen LogP contribution in [0.1, 0.15) is 31.2 Å². The summed E-state index contributed by atoms with van der Waals surface area (Å²) >= 11 is 6.24. The third kappa shape index (κ3) is 2.77. The van der Waals surface area contributed by atoms with Crippen molar-refractivity contribution in [1.29, 1.82) is 0 Å². The highest BCUT2D eigenvalue weighted by Crippen LogP contribution is 2.48. The van der Waals surface area contributed by atoms with Crippen molar-refractivity contribution in [2.75, 3.05) is 13.1 Å². The fourth-order valence-electron chi connectivity index (χ4n) is 2.90. The predicted molar refractivity (Wildman–Crippen MR) is 76.1 cm³/mol. The highest BCUT2D eigenvalue weighted by Gasteiger charge is 2.46. The summed E-state index contributed by atoms with van der Waals surface area (Å²) < 4.78 is 0. The van der Waals surface area contributed by atoms with E-state index in [0.29, 0.717) is 12.3 Å². The molecule has 0 aromatic heterocycles. The normalized spacial score (nSPS) is 24.2. The molecule has 1 amide bonds. The Hall–Kier alpha value is -1.06. The largest absolute Gasteiger partial charge is 0.347 e. The molecule has 2 fully saturated rings. The Morgan fingerprint density at radius 2 is 2.21 bits per heavy atom. The zero-order valence-electron chi connectivity index (χ0n) is 10.9. The van der Waals surface area contributed by atoms with Gasteiger partial charge in [0.15, 0.2) is 0 Å². The van der Waals surface area contributed by atoms with E-state index < -0.39 is 0 Å². The van der Waals surface area contributed by atoms with Crippen LogP contribution in [0.4, 0.5) is 0 Å². The molecular weight excluding hydrogens is 260 g/mol. The average Bonchev–Trinajstić information content (AvgIpc) is 2.97. The van der Waals surface area contributed by atoms with E-state index in [-0.39, 0.29) is 11.4 Å². The van der Waals surface area contributed by atoms with E-state index in [4.69, 9.17) is 11.6 Å². The molecule has 1 saturated carbocycles. The highest BCUT2D eigenvalue weighted by atomic mass is 35.5. The van der Waals surface area contributed by atoms with E-state index in [2.05, 4.69) is 10.6 Å². The lowest BCUT2D eigenvalue weighted by Gasteiger charge is -2.20. The molecule has 0 bridgehead atoms. The molecule has 1 aromatic rings. The van der Waals surface area contributed by atoms with Gasteiger partial charge in [-0.15, -0.1) is 0 Å². The molecule has 4 heteroatoms. The molecule has 102 valence electrons. The van der Waals surface area contributed by atoms with E-state index in [1.165, 1.54) is 0 Å². The molecule has 19 heavy (non-hydrogen) atoms. The van der Waals surface area contributed by atoms with Crippen molar-refractivity contribution < 1.29 is 4.79 Å². The van der Waals surface area contributed by atoms with Gasteiger partial charge in [-0.1, -0.05) is 29.8 Å². The second-order valence-corrected chi connectivity index (χ2v) is 6.08. The van der Waals surface area contributed by atoms with Crippen LogP contribution in [0, 0.1) is 5.92 Å². The number of carbonyl (C=O) groups excluding carboxylic acids is 1. The summed E-state index contributed by atoms with van der Waals surface area (Å²) in [6.45, 7) is 2.00. The Labute approximate surface area is 118 Å². The van der Waals surface area contributed by atoms with Crippen LogP contribution in [0.5, 0.6) is 0 Å². The maximum Gasteiger partial charge on any atom is 0.221 e. The van der Waals surface area contributed by atoms with E-state index in [1.807, 2.05) is 24.3 Å². The number of hydrogen-bond acceptors (Lipinski definition) is 2. The Morgan fingerprint density at radius 1 is 1.42 bits per heavy atom. The molecule has 1 aromatic carbocycles. The fraction of sp³-hybridized carbons (Fsp3) is 0.533. The van der Waals surface area contributed by atoms with Crippen molar-refractivity contribution in [2.45, 2.75) is 31.2 Å². The minimum absolute atomic E-state index is 0.158. The zero-order chi connectivity index (χ0) is 13.3. The van der Waals surface area contributed by atoms with Gasteiger partial charge >= 0.3 is 0 Å². The van der Waals surface area contributed by atoms with Crippen LogP contribution in [0.2, 0.25) is 5.02 Å². The monoisotopic (exact) mass is 278 g/mol. The van der Waals surface area contributed by atoms with Gasteiger partial charge in [0.2, 0.25) is 5.91 Å². The third-order valence-corrected chi connectivity index (χ3v) is 4.48. The van der Waals surface area contributed by atoms with Crippen LogP contribution >= 0.6 is 11.6 Å². The SMILES string of the molecule is O=C(C[C@H]1CCNC1)NC1(c2ccccc2Cl)CC1. The van der Waals surface area contributed by atoms with Gasteiger partial charge in [0, 0.05) is 11.4 Å². The molecule has 0 spiro atoms. The van der Waals surface area contributed by atoms with Crippen molar-refractivity contribution in [3.05, 3.63) is 34.9 Å². The van der Waals surface area contributed by atoms with Crippen LogP contribution < -0.4 is 10.6 Å². The number of nitrogens with one attached hydrogen (secondary N) is 2. The van der Waals surface area contributed by atoms with Gasteiger partial charge in [0.1, 0.15) is 0 Å². The molecule has 3 rings (SSSR count). The number of halogens is 1. The topological polar surface area (TPSA) is 41.1 Å². The predicted octanol–water partition coefficient (Wildman–Crippen LogP) is 2.44. The molecule has 1 atom stereocenters. The minimum atomic E-state index is -0.193. The Balaban J connectivity index is 1.65. The molecule has 2 aliphatic rings. The van der Waals surface area contributed by atoms with Gasteiger partial charge in [-0.05, 0) is 49.9 Å². The first-order valence-corrected chi connectivity index (χ1v) is 7.34. The van der Waals surface area contributed by atoms with Crippen LogP contribution in [0.15, 0.2) is 24.3 Å². The standard InChI is InChI=1S/C15H19ClN2O/c16-13-4-2-1-3-12(13)15(6-7-15)18-14(19)9-11-5-8-17-10-11/h1-4,11,17H,5-10H2,(H,18,19)/t11-/m1/s1. The smallest absolute Gasteiger partial charge is 0.221 e. The fourth-order valence-corrected chi connectivity index (χ4v) is 3.22. The quantitative estimate of drug-likeness (QED) is 0.888. The zero-order valence-corrected chi connectivity index (χ0v) is 11.7. The second kappa shape index (κ2) is 5.14. The van der Waals surface area contributed by atoms with Crippen LogP contribution in [-0.4, -0.2) is 19.0 Å². The average molecular weight is 279 g/mol. The van der Waals surface area contributed by atoms with Crippen molar-refractivity contribution in [3.8, 4) is 0 Å². The lowest BCUT2D eigenvalue weighted by molar-refractivity contribution is -0.122. The highest BCUT2D eigenvalue weighted by molar-refractivity contribution is 6.31. The number of carbonyl (C=O) groups is 1. The van der Waals surface area contributed by atoms with Gasteiger partial charge in [-0.2, -0.15) is 0 Å². The molecule has 3 nitrogen and oxygen atoms in total. The summed E-state index contributed by atoms with van der Waals surface area (Å²) in [5.41, 5.74) is 0.871. The number of amides is 1. The number of benzene rings is 1. The first-order valence-electron chi connectivity index (χ1n) is 6.96. The lowest BCUT2D eigenvalue weighted by Crippen LogP contribution is -2.36. The van der Waals surface area contributed by atoms with E-state index in [0.717, 1.165) is 42.9 Å². The van der Waals surface area contributed by atoms with Crippen molar-refractivity contribution >= 4 is 17.5 Å². The molecule has 1 saturated heterocycles. The summed E-state index contributed by atoms with van der Waals surface area (Å²) in [4.78, 5) is 12.2. The molecular formula is C15H19ClN2O. The summed E-state index contributed by atoms with van der Waals surface area (Å²) in [7, 11) is 0. The number of rotatable bonds is 4. The van der Waals surface area contributed by atoms with Crippen LogP contribution in [0.3, 0.4) is 0 Å². The van der Waals surface area contributed by atoms with E-state index in [1.54, 1.807) is 0 Å². The summed E-state index contributed by atoms with van der Waals surface area (Å²) in [5, 5.41) is 7.25. The second-order valence-electron chi connectivity index (χ2n) is 5.67. The van der Waals surface area contributed by atoms with E-state index >= 15 is 0 Å². The molecule has 2 N–H and O–H groups in total. The molecule has 1 heterocycles. The molecule has 0 unspecified atom stereocenters. The van der Waals surface area contributed by atoms with Gasteiger partial charge in [-0.25, -0.2) is 0 Å². The van der Waals surface area contributed by atoms with E-state index in [9.17, 15) is 4.79 Å². The summed E-state index contributed by atoms with van der Waals surface area (Å²) in [6, 6.07) is 7.82. The van der Waals surface area contributed by atoms with Crippen molar-refractivity contribution in [2.24, 2.45) is 5.92 Å². The summed E-state index contributed by atoms with van der Waals surface area (Å²) in [5.74, 6) is 0.646. The third-order valence-electron chi connectivity index (χ3n) is 4.15. The molecule has 0 radical (unpaired) electrons. The Kier molecular flexibility index (Phi) is 3.50. The summed E-state index contributed by atoms with van der Waals surface area (Å²) in [6.07, 6.45) is 3.71. The lowest BCUT2D eigenvalue weighted by atomic mass is 10.0. The number of hydrogen-bond donors (Lipinski definition) is 2. The minimum Gasteiger partial charge on any atom is -0.347 e. The van der Waals surface area contributed by atoms with Gasteiger partial charge < -0.3 is 10.6 Å². The Bertz CT molecular complexity index is 479. The maximum atomic E-state index is 12.2. The first-order chi connectivity index (χ1) is 9.20. The van der Waals surface area contributed by atoms with Crippen molar-refractivity contribution in [3.63, 3.8) is 0 Å². The Morgan fingerprint density at radius 3 is 2.84 bits per heavy atom. The molecule has 1 aliphatic heterocycles. The maximum absolute atomic E-state index is 12.2. The van der Waals surface area contributed by atoms with Gasteiger partial charge in [-0.3, -0.25) is 4.79 Å². The first kappa shape index (κ1) is 12.9.